The topological polar surface area (TPSA) is 170 Å². The molecule has 0 aliphatic rings. The van der Waals surface area contributed by atoms with Crippen molar-refractivity contribution >= 4 is 17.4 Å². The molecule has 1 amide bonds. The molecule has 0 aliphatic heterocycles. The molecule has 1 aromatic rings. The molecular formula is C14H18N2O8. The highest BCUT2D eigenvalue weighted by Gasteiger charge is 2.38. The lowest BCUT2D eigenvalue weighted by Crippen LogP contribution is -2.55. The van der Waals surface area contributed by atoms with Crippen LogP contribution in [0.25, 0.3) is 0 Å². The average Bonchev–Trinajstić information content (AvgIpc) is 2.63. The lowest BCUT2D eigenvalue weighted by molar-refractivity contribution is -0.385. The Morgan fingerprint density at radius 1 is 1.29 bits per heavy atom. The van der Waals surface area contributed by atoms with E-state index in [0.717, 1.165) is 12.1 Å². The fourth-order valence-electron chi connectivity index (χ4n) is 2.02. The Morgan fingerprint density at radius 2 is 1.92 bits per heavy atom. The third kappa shape index (κ3) is 4.55. The number of hydrogen-bond acceptors (Lipinski definition) is 8. The molecule has 132 valence electrons. The summed E-state index contributed by atoms with van der Waals surface area (Å²) >= 11 is 0. The molecule has 10 heteroatoms. The van der Waals surface area contributed by atoms with E-state index in [0.29, 0.717) is 0 Å². The first-order valence-corrected chi connectivity index (χ1v) is 6.75. The van der Waals surface area contributed by atoms with Gasteiger partial charge in [0.2, 0.25) is 5.91 Å². The maximum atomic E-state index is 12.6. The van der Waals surface area contributed by atoms with Gasteiger partial charge in [0.1, 0.15) is 24.4 Å². The van der Waals surface area contributed by atoms with Gasteiger partial charge in [-0.15, -0.1) is 0 Å². The number of nitrogens with one attached hydrogen (secondary N) is 1. The summed E-state index contributed by atoms with van der Waals surface area (Å²) in [5, 5.41) is 51.1. The molecule has 0 aliphatic carbocycles. The van der Waals surface area contributed by atoms with Crippen molar-refractivity contribution in [3.8, 4) is 0 Å². The molecule has 1 rings (SSSR count). The number of nitrogens with zero attached hydrogens (tertiary/aromatic N) is 1. The zero-order valence-electron chi connectivity index (χ0n) is 13.4. The molecule has 24 heavy (non-hydrogen) atoms. The SMILES string of the molecule is [2H]CC(=O)N[C@@H](C(=O)c1ccccc1[N+](=O)[O-])[C@@H](O)[C@H](O)[C@H](O)CO. The van der Waals surface area contributed by atoms with E-state index in [4.69, 9.17) is 6.48 Å². The summed E-state index contributed by atoms with van der Waals surface area (Å²) in [4.78, 5) is 34.2. The van der Waals surface area contributed by atoms with Crippen LogP contribution in [-0.2, 0) is 4.79 Å². The Labute approximate surface area is 137 Å². The number of aliphatic hydroxyl groups is 4. The van der Waals surface area contributed by atoms with E-state index in [1.807, 2.05) is 5.32 Å². The molecule has 1 aromatic carbocycles. The summed E-state index contributed by atoms with van der Waals surface area (Å²) in [5.41, 5.74) is -1.02. The second-order valence-corrected chi connectivity index (χ2v) is 4.91. The van der Waals surface area contributed by atoms with E-state index in [-0.39, 0.29) is 0 Å². The van der Waals surface area contributed by atoms with Crippen LogP contribution in [0.3, 0.4) is 0 Å². The molecule has 0 fully saturated rings. The minimum absolute atomic E-state index is 0.437. The van der Waals surface area contributed by atoms with Crippen molar-refractivity contribution in [2.24, 2.45) is 0 Å². The van der Waals surface area contributed by atoms with Gasteiger partial charge in [-0.1, -0.05) is 12.1 Å². The number of rotatable bonds is 8. The summed E-state index contributed by atoms with van der Waals surface area (Å²) in [6.45, 7) is -1.73. The molecule has 0 saturated carbocycles. The van der Waals surface area contributed by atoms with Crippen molar-refractivity contribution in [1.29, 1.82) is 0 Å². The molecule has 0 saturated heterocycles. The molecule has 0 bridgehead atoms. The molecule has 0 spiro atoms. The highest BCUT2D eigenvalue weighted by Crippen LogP contribution is 2.21. The van der Waals surface area contributed by atoms with Gasteiger partial charge >= 0.3 is 0 Å². The van der Waals surface area contributed by atoms with Gasteiger partial charge in [-0.05, 0) is 6.07 Å². The Bertz CT molecular complexity index is 641. The standard InChI is InChI=1S/C14H18N2O8/c1-7(18)15-11(14(22)13(21)10(19)6-17)12(20)8-4-2-3-5-9(8)16(23)24/h2-5,10-11,13-14,17,19,21-22H,6H2,1H3,(H,15,18)/t10-,11+,13-,14-/m1/s1/i1D. The summed E-state index contributed by atoms with van der Waals surface area (Å²) < 4.78 is 6.96. The van der Waals surface area contributed by atoms with Crippen LogP contribution < -0.4 is 5.32 Å². The number of hydrogen-bond donors (Lipinski definition) is 5. The van der Waals surface area contributed by atoms with Crippen LogP contribution >= 0.6 is 0 Å². The van der Waals surface area contributed by atoms with Gasteiger partial charge in [-0.25, -0.2) is 0 Å². The number of ketones is 1. The van der Waals surface area contributed by atoms with Crippen LogP contribution in [0.4, 0.5) is 5.69 Å². The second kappa shape index (κ2) is 8.45. The van der Waals surface area contributed by atoms with Crippen molar-refractivity contribution in [3.63, 3.8) is 0 Å². The molecule has 5 N–H and O–H groups in total. The molecular weight excluding hydrogens is 324 g/mol. The Morgan fingerprint density at radius 3 is 2.46 bits per heavy atom. The quantitative estimate of drug-likeness (QED) is 0.212. The van der Waals surface area contributed by atoms with Crippen LogP contribution in [0.1, 0.15) is 18.6 Å². The van der Waals surface area contributed by atoms with Gasteiger partial charge in [-0.2, -0.15) is 0 Å². The van der Waals surface area contributed by atoms with Crippen LogP contribution in [0.2, 0.25) is 0 Å². The van der Waals surface area contributed by atoms with E-state index < -0.39 is 65.7 Å². The number of nitro benzene ring substituents is 1. The van der Waals surface area contributed by atoms with Crippen LogP contribution in [-0.4, -0.2) is 68.0 Å². The average molecular weight is 343 g/mol. The normalized spacial score (nSPS) is 16.4. The van der Waals surface area contributed by atoms with Gasteiger partial charge < -0.3 is 25.7 Å². The van der Waals surface area contributed by atoms with Crippen LogP contribution in [0.5, 0.6) is 0 Å². The Kier molecular flexibility index (Phi) is 6.32. The number of carbonyl (C=O) groups excluding carboxylic acids is 2. The summed E-state index contributed by atoms with van der Waals surface area (Å²) in [5.74, 6) is -2.08. The predicted molar refractivity (Wildman–Crippen MR) is 80.1 cm³/mol. The van der Waals surface area contributed by atoms with Gasteiger partial charge in [0.25, 0.3) is 5.69 Å². The van der Waals surface area contributed by atoms with E-state index in [1.165, 1.54) is 12.1 Å². The minimum atomic E-state index is -2.08. The van der Waals surface area contributed by atoms with Crippen molar-refractivity contribution in [2.45, 2.75) is 31.3 Å². The maximum absolute atomic E-state index is 12.6. The van der Waals surface area contributed by atoms with Crippen molar-refractivity contribution in [3.05, 3.63) is 39.9 Å². The van der Waals surface area contributed by atoms with E-state index >= 15 is 0 Å². The Balaban J connectivity index is 3.26. The first kappa shape index (κ1) is 17.9. The highest BCUT2D eigenvalue weighted by molar-refractivity contribution is 6.05. The number of benzene rings is 1. The van der Waals surface area contributed by atoms with Gasteiger partial charge in [0.15, 0.2) is 5.78 Å². The molecule has 0 aromatic heterocycles. The lowest BCUT2D eigenvalue weighted by Gasteiger charge is -2.28. The smallest absolute Gasteiger partial charge is 0.280 e. The number of amides is 1. The number of nitro groups is 1. The van der Waals surface area contributed by atoms with Crippen molar-refractivity contribution < 1.29 is 36.3 Å². The highest BCUT2D eigenvalue weighted by atomic mass is 16.6. The molecule has 0 heterocycles. The fourth-order valence-corrected chi connectivity index (χ4v) is 2.02. The van der Waals surface area contributed by atoms with Crippen molar-refractivity contribution in [2.75, 3.05) is 6.61 Å². The first-order valence-electron chi connectivity index (χ1n) is 7.46. The van der Waals surface area contributed by atoms with Crippen LogP contribution in [0, 0.1) is 10.1 Å². The third-order valence-electron chi connectivity index (χ3n) is 3.24. The monoisotopic (exact) mass is 343 g/mol. The molecule has 0 unspecified atom stereocenters. The summed E-state index contributed by atoms with van der Waals surface area (Å²) in [6, 6.07) is 2.92. The zero-order valence-corrected chi connectivity index (χ0v) is 12.4. The van der Waals surface area contributed by atoms with Gasteiger partial charge in [0.05, 0.1) is 17.1 Å². The zero-order chi connectivity index (χ0) is 19.1. The molecule has 4 atom stereocenters. The predicted octanol–water partition coefficient (Wildman–Crippen LogP) is -1.64. The van der Waals surface area contributed by atoms with Gasteiger partial charge in [-0.3, -0.25) is 19.7 Å². The van der Waals surface area contributed by atoms with E-state index in [9.17, 15) is 35.0 Å². The number of aliphatic hydroxyl groups excluding tert-OH is 4. The Hall–Kier alpha value is -2.40. The number of Topliss-reactive ketones (excluding diaryl/α,β-unsaturated/α-hetero) is 1. The van der Waals surface area contributed by atoms with Crippen LogP contribution in [0.15, 0.2) is 24.3 Å². The largest absolute Gasteiger partial charge is 0.394 e. The molecule has 0 radical (unpaired) electrons. The summed E-state index contributed by atoms with van der Waals surface area (Å²) in [6.07, 6.45) is -5.92. The van der Waals surface area contributed by atoms with E-state index in [2.05, 4.69) is 0 Å². The third-order valence-corrected chi connectivity index (χ3v) is 3.24. The number of carbonyl (C=O) groups is 2. The van der Waals surface area contributed by atoms with Gasteiger partial charge in [0, 0.05) is 14.3 Å². The molecule has 10 nitrogen and oxygen atoms in total. The number of para-hydroxylation sites is 1. The first-order chi connectivity index (χ1) is 11.7. The lowest BCUT2D eigenvalue weighted by atomic mass is 9.93. The second-order valence-electron chi connectivity index (χ2n) is 4.91. The fraction of sp³-hybridized carbons (Fsp3) is 0.429. The minimum Gasteiger partial charge on any atom is -0.394 e. The van der Waals surface area contributed by atoms with E-state index in [1.54, 1.807) is 0 Å². The van der Waals surface area contributed by atoms with Crippen molar-refractivity contribution in [1.82, 2.24) is 5.32 Å². The maximum Gasteiger partial charge on any atom is 0.280 e. The summed E-state index contributed by atoms with van der Waals surface area (Å²) in [7, 11) is 0.